The van der Waals surface area contributed by atoms with Gasteiger partial charge in [-0.15, -0.1) is 0 Å². The lowest BCUT2D eigenvalue weighted by molar-refractivity contribution is 0.181. The van der Waals surface area contributed by atoms with Gasteiger partial charge in [0.1, 0.15) is 6.61 Å². The highest BCUT2D eigenvalue weighted by Crippen LogP contribution is 2.27. The van der Waals surface area contributed by atoms with Crippen LogP contribution in [0.25, 0.3) is 0 Å². The Morgan fingerprint density at radius 1 is 1.14 bits per heavy atom. The summed E-state index contributed by atoms with van der Waals surface area (Å²) in [5.41, 5.74) is 1.24. The van der Waals surface area contributed by atoms with Crippen LogP contribution < -0.4 is 9.62 Å². The first-order chi connectivity index (χ1) is 10.1. The van der Waals surface area contributed by atoms with E-state index in [1.54, 1.807) is 24.3 Å². The van der Waals surface area contributed by atoms with E-state index in [2.05, 4.69) is 4.72 Å². The summed E-state index contributed by atoms with van der Waals surface area (Å²) in [6.45, 7) is 0.904. The Morgan fingerprint density at radius 2 is 1.81 bits per heavy atom. The molecular weight excluding hydrogens is 292 g/mol. The lowest BCUT2D eigenvalue weighted by Gasteiger charge is -2.15. The fourth-order valence-electron chi connectivity index (χ4n) is 2.78. The van der Waals surface area contributed by atoms with Gasteiger partial charge in [-0.05, 0) is 37.1 Å². The van der Waals surface area contributed by atoms with Crippen molar-refractivity contribution in [3.05, 3.63) is 24.3 Å². The van der Waals surface area contributed by atoms with E-state index in [-0.39, 0.29) is 11.3 Å². The third kappa shape index (κ3) is 2.97. The number of hydrogen-bond acceptors (Lipinski definition) is 4. The van der Waals surface area contributed by atoms with Gasteiger partial charge in [0, 0.05) is 11.4 Å². The molecule has 0 atom stereocenters. The highest BCUT2D eigenvalue weighted by Gasteiger charge is 2.29. The number of carbonyl (C=O) groups is 1. The number of sulfonamides is 1. The van der Waals surface area contributed by atoms with Crippen LogP contribution in [-0.4, -0.2) is 32.9 Å². The third-order valence-corrected chi connectivity index (χ3v) is 5.81. The van der Waals surface area contributed by atoms with E-state index in [1.807, 2.05) is 0 Å². The topological polar surface area (TPSA) is 75.7 Å². The normalized spacial score (nSPS) is 19.8. The second kappa shape index (κ2) is 5.55. The molecule has 1 aromatic carbocycles. The van der Waals surface area contributed by atoms with Gasteiger partial charge >= 0.3 is 6.09 Å². The minimum atomic E-state index is -3.31. The average molecular weight is 310 g/mol. The fraction of sp³-hybridized carbons (Fsp3) is 0.500. The molecule has 0 radical (unpaired) electrons. The Morgan fingerprint density at radius 3 is 2.38 bits per heavy atom. The highest BCUT2D eigenvalue weighted by atomic mass is 32.2. The van der Waals surface area contributed by atoms with Gasteiger partial charge in [0.15, 0.2) is 0 Å². The van der Waals surface area contributed by atoms with Crippen LogP contribution in [0.3, 0.4) is 0 Å². The van der Waals surface area contributed by atoms with E-state index in [9.17, 15) is 13.2 Å². The van der Waals surface area contributed by atoms with Crippen LogP contribution in [0.15, 0.2) is 24.3 Å². The number of anilines is 2. The number of rotatable bonds is 4. The Bertz CT molecular complexity index is 621. The monoisotopic (exact) mass is 310 g/mol. The molecule has 3 rings (SSSR count). The molecular formula is C14H18N2O4S. The van der Waals surface area contributed by atoms with Crippen molar-refractivity contribution >= 4 is 27.5 Å². The Labute approximate surface area is 124 Å². The molecule has 1 amide bonds. The van der Waals surface area contributed by atoms with Crippen LogP contribution in [0.4, 0.5) is 16.2 Å². The molecule has 114 valence electrons. The number of nitrogens with one attached hydrogen (secondary N) is 1. The molecule has 1 N–H and O–H groups in total. The Kier molecular flexibility index (Phi) is 3.75. The number of carbonyl (C=O) groups excluding carboxylic acids is 1. The molecule has 0 spiro atoms. The first-order valence-electron chi connectivity index (χ1n) is 7.12. The second-order valence-electron chi connectivity index (χ2n) is 5.37. The van der Waals surface area contributed by atoms with Crippen molar-refractivity contribution in [3.8, 4) is 0 Å². The van der Waals surface area contributed by atoms with Gasteiger partial charge in [-0.25, -0.2) is 13.2 Å². The zero-order valence-electron chi connectivity index (χ0n) is 11.6. The average Bonchev–Trinajstić information content (AvgIpc) is 3.10. The van der Waals surface area contributed by atoms with Crippen molar-refractivity contribution in [1.82, 2.24) is 0 Å². The third-order valence-electron chi connectivity index (χ3n) is 3.94. The summed E-state index contributed by atoms with van der Waals surface area (Å²) in [7, 11) is -3.31. The maximum Gasteiger partial charge on any atom is 0.414 e. The van der Waals surface area contributed by atoms with Gasteiger partial charge in [-0.1, -0.05) is 12.8 Å². The summed E-state index contributed by atoms with van der Waals surface area (Å²) in [4.78, 5) is 13.0. The standard InChI is InChI=1S/C14H18N2O4S/c17-14-16(9-10-20-14)12-7-5-11(6-8-12)15-21(18,19)13-3-1-2-4-13/h5-8,13,15H,1-4,9-10H2. The molecule has 1 saturated carbocycles. The van der Waals surface area contributed by atoms with Gasteiger partial charge in [-0.3, -0.25) is 9.62 Å². The zero-order valence-corrected chi connectivity index (χ0v) is 12.4. The molecule has 2 fully saturated rings. The van der Waals surface area contributed by atoms with Gasteiger partial charge in [0.25, 0.3) is 0 Å². The molecule has 6 nitrogen and oxygen atoms in total. The van der Waals surface area contributed by atoms with Gasteiger partial charge in [0.05, 0.1) is 11.8 Å². The van der Waals surface area contributed by atoms with Gasteiger partial charge in [0.2, 0.25) is 10.0 Å². The number of nitrogens with zero attached hydrogens (tertiary/aromatic N) is 1. The zero-order chi connectivity index (χ0) is 14.9. The van der Waals surface area contributed by atoms with Crippen molar-refractivity contribution in [3.63, 3.8) is 0 Å². The van der Waals surface area contributed by atoms with Gasteiger partial charge in [-0.2, -0.15) is 0 Å². The molecule has 0 aromatic heterocycles. The van der Waals surface area contributed by atoms with Crippen LogP contribution in [0, 0.1) is 0 Å². The predicted molar refractivity (Wildman–Crippen MR) is 79.9 cm³/mol. The summed E-state index contributed by atoms with van der Waals surface area (Å²) in [6.07, 6.45) is 3.04. The SMILES string of the molecule is O=C1OCCN1c1ccc(NS(=O)(=O)C2CCCC2)cc1. The smallest absolute Gasteiger partial charge is 0.414 e. The Hall–Kier alpha value is -1.76. The van der Waals surface area contributed by atoms with Crippen LogP contribution >= 0.6 is 0 Å². The van der Waals surface area contributed by atoms with Crippen molar-refractivity contribution in [1.29, 1.82) is 0 Å². The number of benzene rings is 1. The van der Waals surface area contributed by atoms with E-state index < -0.39 is 10.0 Å². The Balaban J connectivity index is 1.71. The first kappa shape index (κ1) is 14.2. The first-order valence-corrected chi connectivity index (χ1v) is 8.67. The minimum Gasteiger partial charge on any atom is -0.447 e. The summed E-state index contributed by atoms with van der Waals surface area (Å²) in [6, 6.07) is 6.79. The lowest BCUT2D eigenvalue weighted by atomic mass is 10.2. The summed E-state index contributed by atoms with van der Waals surface area (Å²) >= 11 is 0. The molecule has 0 unspecified atom stereocenters. The molecule has 1 aliphatic carbocycles. The fourth-order valence-corrected chi connectivity index (χ4v) is 4.37. The quantitative estimate of drug-likeness (QED) is 0.926. The van der Waals surface area contributed by atoms with Crippen LogP contribution in [0.5, 0.6) is 0 Å². The number of cyclic esters (lactones) is 1. The van der Waals surface area contributed by atoms with Crippen molar-refractivity contribution in [2.24, 2.45) is 0 Å². The molecule has 7 heteroatoms. The number of amides is 1. The predicted octanol–water partition coefficient (Wildman–Crippen LogP) is 2.33. The van der Waals surface area contributed by atoms with Crippen molar-refractivity contribution in [2.45, 2.75) is 30.9 Å². The van der Waals surface area contributed by atoms with Crippen LogP contribution in [0.1, 0.15) is 25.7 Å². The summed E-state index contributed by atoms with van der Waals surface area (Å²) in [5, 5.41) is -0.286. The summed E-state index contributed by atoms with van der Waals surface area (Å²) in [5.74, 6) is 0. The van der Waals surface area contributed by atoms with E-state index in [1.165, 1.54) is 4.90 Å². The summed E-state index contributed by atoms with van der Waals surface area (Å²) < 4.78 is 31.9. The van der Waals surface area contributed by atoms with E-state index in [0.29, 0.717) is 24.5 Å². The van der Waals surface area contributed by atoms with Gasteiger partial charge < -0.3 is 4.74 Å². The minimum absolute atomic E-state index is 0.286. The van der Waals surface area contributed by atoms with E-state index in [0.717, 1.165) is 25.7 Å². The molecule has 21 heavy (non-hydrogen) atoms. The second-order valence-corrected chi connectivity index (χ2v) is 7.33. The number of hydrogen-bond donors (Lipinski definition) is 1. The largest absolute Gasteiger partial charge is 0.447 e. The molecule has 1 heterocycles. The maximum absolute atomic E-state index is 12.2. The highest BCUT2D eigenvalue weighted by molar-refractivity contribution is 7.93. The van der Waals surface area contributed by atoms with Crippen LogP contribution in [0.2, 0.25) is 0 Å². The maximum atomic E-state index is 12.2. The van der Waals surface area contributed by atoms with Crippen molar-refractivity contribution < 1.29 is 17.9 Å². The van der Waals surface area contributed by atoms with E-state index in [4.69, 9.17) is 4.74 Å². The van der Waals surface area contributed by atoms with Crippen LogP contribution in [-0.2, 0) is 14.8 Å². The van der Waals surface area contributed by atoms with Crippen molar-refractivity contribution in [2.75, 3.05) is 22.8 Å². The lowest BCUT2D eigenvalue weighted by Crippen LogP contribution is -2.25. The molecule has 0 bridgehead atoms. The molecule has 1 aliphatic heterocycles. The number of ether oxygens (including phenoxy) is 1. The molecule has 1 aromatic rings. The molecule has 1 saturated heterocycles. The molecule has 2 aliphatic rings. The van der Waals surface area contributed by atoms with E-state index >= 15 is 0 Å².